The summed E-state index contributed by atoms with van der Waals surface area (Å²) in [6.07, 6.45) is 5.05. The van der Waals surface area contributed by atoms with Crippen LogP contribution in [-0.4, -0.2) is 62.8 Å². The highest BCUT2D eigenvalue weighted by Gasteiger charge is 2.53. The first-order chi connectivity index (χ1) is 20.6. The zero-order chi connectivity index (χ0) is 30.7. The van der Waals surface area contributed by atoms with E-state index in [0.29, 0.717) is 18.7 Å². The van der Waals surface area contributed by atoms with Crippen LogP contribution in [0.3, 0.4) is 0 Å². The number of halogens is 1. The van der Waals surface area contributed by atoms with Crippen LogP contribution in [0.5, 0.6) is 5.75 Å². The lowest BCUT2D eigenvalue weighted by molar-refractivity contribution is -0.140. The van der Waals surface area contributed by atoms with E-state index in [9.17, 15) is 33.5 Å². The first kappa shape index (κ1) is 29.3. The first-order valence-electron chi connectivity index (χ1n) is 13.6. The van der Waals surface area contributed by atoms with Crippen molar-refractivity contribution >= 4 is 35.7 Å². The summed E-state index contributed by atoms with van der Waals surface area (Å²) >= 11 is 0. The van der Waals surface area contributed by atoms with Gasteiger partial charge in [0, 0.05) is 18.7 Å². The Hall–Kier alpha value is -5.17. The van der Waals surface area contributed by atoms with Crippen LogP contribution in [0.2, 0.25) is 0 Å². The maximum absolute atomic E-state index is 13.9. The van der Waals surface area contributed by atoms with Crippen LogP contribution in [-0.2, 0) is 21.0 Å². The van der Waals surface area contributed by atoms with Gasteiger partial charge >= 0.3 is 17.5 Å². The number of piperidine rings is 1. The number of aromatic carboxylic acids is 1. The van der Waals surface area contributed by atoms with Crippen LogP contribution in [0.1, 0.15) is 46.9 Å². The van der Waals surface area contributed by atoms with E-state index in [1.807, 2.05) is 0 Å². The number of fused-ring (bicyclic) bond motifs is 1. The van der Waals surface area contributed by atoms with Crippen molar-refractivity contribution in [1.29, 1.82) is 0 Å². The second-order valence-corrected chi connectivity index (χ2v) is 10.4. The standard InChI is InChI=1S/C30H28FN5O7/c31-21-11-9-20(10-12-21)24(25(38)27(32)39)36(17-22(37)34-13-5-2-6-14-34)16-15-35-28(40)26(23(29(41)42)33-30(35)36)43-18-19-7-3-1-4-8-19/h1,3-4,7-12,15-16,24H,2,5-6,13-14,17-18H2,(H2-,32,39,41,42)/p+1. The number of aromatic nitrogens is 2. The Morgan fingerprint density at radius 3 is 2.33 bits per heavy atom. The molecule has 1 fully saturated rings. The first-order valence-corrected chi connectivity index (χ1v) is 13.6. The molecule has 0 bridgehead atoms. The molecule has 3 N–H and O–H groups in total. The number of hydrogen-bond donors (Lipinski definition) is 2. The lowest BCUT2D eigenvalue weighted by atomic mass is 9.97. The van der Waals surface area contributed by atoms with Crippen molar-refractivity contribution in [2.75, 3.05) is 19.6 Å². The molecule has 13 heteroatoms. The van der Waals surface area contributed by atoms with E-state index in [1.54, 1.807) is 35.2 Å². The Balaban J connectivity index is 1.70. The van der Waals surface area contributed by atoms with Gasteiger partial charge in [-0.3, -0.25) is 19.2 Å². The van der Waals surface area contributed by atoms with Gasteiger partial charge in [0.1, 0.15) is 18.6 Å². The monoisotopic (exact) mass is 590 g/mol. The highest BCUT2D eigenvalue weighted by molar-refractivity contribution is 6.38. The number of ketones is 1. The number of benzene rings is 2. The summed E-state index contributed by atoms with van der Waals surface area (Å²) in [6, 6.07) is 11.8. The number of likely N-dealkylation sites (tertiary alicyclic amines) is 1. The molecule has 0 spiro atoms. The molecule has 43 heavy (non-hydrogen) atoms. The Kier molecular flexibility index (Phi) is 8.17. The highest BCUT2D eigenvalue weighted by Crippen LogP contribution is 2.40. The van der Waals surface area contributed by atoms with Crippen LogP contribution >= 0.6 is 0 Å². The number of carboxylic acid groups (broad SMARTS) is 1. The van der Waals surface area contributed by atoms with E-state index in [2.05, 4.69) is 4.98 Å². The number of nitrogens with zero attached hydrogens (tertiary/aromatic N) is 4. The van der Waals surface area contributed by atoms with Gasteiger partial charge in [0.05, 0.1) is 6.20 Å². The average molecular weight is 591 g/mol. The molecule has 2 amide bonds. The van der Waals surface area contributed by atoms with Crippen LogP contribution in [0.15, 0.2) is 65.6 Å². The molecule has 0 radical (unpaired) electrons. The van der Waals surface area contributed by atoms with E-state index >= 15 is 0 Å². The topological polar surface area (TPSA) is 162 Å². The van der Waals surface area contributed by atoms with Gasteiger partial charge in [0.15, 0.2) is 12.6 Å². The number of Topliss-reactive ketones (excluding diaryl/α,β-unsaturated/α-hetero) is 1. The number of ether oxygens (including phenoxy) is 1. The molecule has 0 aliphatic carbocycles. The fourth-order valence-electron chi connectivity index (χ4n) is 5.48. The van der Waals surface area contributed by atoms with Crippen molar-refractivity contribution in [2.24, 2.45) is 5.73 Å². The molecule has 222 valence electrons. The van der Waals surface area contributed by atoms with Crippen LogP contribution in [0.4, 0.5) is 10.3 Å². The summed E-state index contributed by atoms with van der Waals surface area (Å²) in [7, 11) is 0. The third-order valence-electron chi connectivity index (χ3n) is 7.58. The predicted octanol–water partition coefficient (Wildman–Crippen LogP) is 2.22. The van der Waals surface area contributed by atoms with E-state index in [-0.39, 0.29) is 18.1 Å². The van der Waals surface area contributed by atoms with Gasteiger partial charge in [-0.1, -0.05) is 30.3 Å². The Labute approximate surface area is 245 Å². The zero-order valence-electron chi connectivity index (χ0n) is 23.0. The molecule has 0 saturated carbocycles. The lowest BCUT2D eigenvalue weighted by Gasteiger charge is -2.38. The highest BCUT2D eigenvalue weighted by atomic mass is 19.1. The molecule has 2 unspecified atom stereocenters. The number of carbonyl (C=O) groups excluding carboxylic acids is 3. The molecule has 1 saturated heterocycles. The molecular formula is C30H29FN5O7+. The predicted molar refractivity (Wildman–Crippen MR) is 152 cm³/mol. The third-order valence-corrected chi connectivity index (χ3v) is 7.58. The lowest BCUT2D eigenvalue weighted by Crippen LogP contribution is -2.58. The summed E-state index contributed by atoms with van der Waals surface area (Å²) in [5.74, 6) is -5.98. The van der Waals surface area contributed by atoms with Crippen molar-refractivity contribution in [3.8, 4) is 5.75 Å². The summed E-state index contributed by atoms with van der Waals surface area (Å²) < 4.78 is 19.7. The summed E-state index contributed by atoms with van der Waals surface area (Å²) in [5, 5.41) is 10.1. The molecular weight excluding hydrogens is 561 g/mol. The molecule has 2 aliphatic heterocycles. The summed E-state index contributed by atoms with van der Waals surface area (Å²) in [6.45, 7) is 0.279. The van der Waals surface area contributed by atoms with Crippen molar-refractivity contribution in [3.63, 3.8) is 0 Å². The van der Waals surface area contributed by atoms with Gasteiger partial charge in [-0.15, -0.1) is 0 Å². The van der Waals surface area contributed by atoms with E-state index in [1.165, 1.54) is 24.5 Å². The molecule has 3 heterocycles. The number of nitrogens with two attached hydrogens (primary N) is 1. The van der Waals surface area contributed by atoms with Crippen molar-refractivity contribution < 1.29 is 33.4 Å². The minimum atomic E-state index is -1.60. The Morgan fingerprint density at radius 1 is 1.02 bits per heavy atom. The number of quaternary nitrogens is 1. The van der Waals surface area contributed by atoms with E-state index in [4.69, 9.17) is 10.5 Å². The van der Waals surface area contributed by atoms with Gasteiger partial charge in [-0.05, 0) is 49.1 Å². The van der Waals surface area contributed by atoms with Crippen LogP contribution in [0, 0.1) is 5.82 Å². The van der Waals surface area contributed by atoms with E-state index in [0.717, 1.165) is 36.0 Å². The molecule has 3 aromatic rings. The van der Waals surface area contributed by atoms with Crippen molar-refractivity contribution in [2.45, 2.75) is 31.9 Å². The number of amides is 2. The maximum Gasteiger partial charge on any atom is 0.358 e. The van der Waals surface area contributed by atoms with Gasteiger partial charge < -0.3 is 20.5 Å². The molecule has 1 aromatic heterocycles. The van der Waals surface area contributed by atoms with E-state index < -0.39 is 63.5 Å². The van der Waals surface area contributed by atoms with Gasteiger partial charge in [0.2, 0.25) is 11.4 Å². The fraction of sp³-hybridized carbons (Fsp3) is 0.267. The third kappa shape index (κ3) is 5.66. The Morgan fingerprint density at radius 2 is 1.70 bits per heavy atom. The van der Waals surface area contributed by atoms with Gasteiger partial charge in [-0.2, -0.15) is 4.98 Å². The second-order valence-electron chi connectivity index (χ2n) is 10.4. The molecule has 2 aliphatic rings. The largest absolute Gasteiger partial charge is 0.481 e. The maximum atomic E-state index is 13.9. The second kappa shape index (κ2) is 12.0. The molecule has 2 atom stereocenters. The number of rotatable bonds is 10. The minimum Gasteiger partial charge on any atom is -0.481 e. The molecule has 2 aromatic carbocycles. The quantitative estimate of drug-likeness (QED) is 0.268. The zero-order valence-corrected chi connectivity index (χ0v) is 23.0. The summed E-state index contributed by atoms with van der Waals surface area (Å²) in [5.41, 5.74) is 4.58. The molecule has 5 rings (SSSR count). The number of carbonyl (C=O) groups is 4. The minimum absolute atomic E-state index is 0.102. The Bertz CT molecular complexity index is 1670. The SMILES string of the molecule is NC(=O)C(=O)C(c1ccc(F)cc1)[N+]1(CC(=O)N2CCCCC2)C=Cn2c1nc(C(=O)O)c(OCc1ccccc1)c2=O. The van der Waals surface area contributed by atoms with Crippen molar-refractivity contribution in [3.05, 3.63) is 93.8 Å². The van der Waals surface area contributed by atoms with Gasteiger partial charge in [0.25, 0.3) is 17.6 Å². The van der Waals surface area contributed by atoms with Crippen molar-refractivity contribution in [1.82, 2.24) is 18.9 Å². The van der Waals surface area contributed by atoms with Gasteiger partial charge in [-0.25, -0.2) is 18.2 Å². The smallest absolute Gasteiger partial charge is 0.358 e. The molecule has 12 nitrogen and oxygen atoms in total. The number of carboxylic acids is 1. The normalized spacial score (nSPS) is 18.1. The summed E-state index contributed by atoms with van der Waals surface area (Å²) in [4.78, 5) is 71.6. The van der Waals surface area contributed by atoms with Crippen LogP contribution in [0.25, 0.3) is 6.20 Å². The number of primary amides is 1. The number of hydrogen-bond acceptors (Lipinski definition) is 7. The fourth-order valence-corrected chi connectivity index (χ4v) is 5.48. The van der Waals surface area contributed by atoms with Crippen LogP contribution < -0.4 is 20.5 Å². The average Bonchev–Trinajstić information content (AvgIpc) is 3.37.